The monoisotopic (exact) mass is 354 g/mol. The minimum absolute atomic E-state index is 0.393. The van der Waals surface area contributed by atoms with Crippen molar-refractivity contribution in [2.24, 2.45) is 5.92 Å². The van der Waals surface area contributed by atoms with Crippen LogP contribution in [-0.2, 0) is 12.7 Å². The van der Waals surface area contributed by atoms with Crippen molar-refractivity contribution in [3.63, 3.8) is 0 Å². The highest BCUT2D eigenvalue weighted by atomic mass is 19.4. The van der Waals surface area contributed by atoms with Crippen LogP contribution in [0.3, 0.4) is 0 Å². The van der Waals surface area contributed by atoms with Gasteiger partial charge in [0.2, 0.25) is 0 Å². The molecule has 1 N–H and O–H groups in total. The highest BCUT2D eigenvalue weighted by Gasteiger charge is 2.34. The van der Waals surface area contributed by atoms with Gasteiger partial charge in [-0.15, -0.1) is 0 Å². The van der Waals surface area contributed by atoms with E-state index in [1.54, 1.807) is 12.1 Å². The van der Waals surface area contributed by atoms with Crippen molar-refractivity contribution in [1.82, 2.24) is 10.2 Å². The van der Waals surface area contributed by atoms with Crippen LogP contribution in [-0.4, -0.2) is 30.6 Å². The summed E-state index contributed by atoms with van der Waals surface area (Å²) in [7, 11) is 0. The summed E-state index contributed by atoms with van der Waals surface area (Å²) in [6, 6.07) is 6.48. The van der Waals surface area contributed by atoms with E-state index in [-0.39, 0.29) is 0 Å². The van der Waals surface area contributed by atoms with Gasteiger partial charge in [0.05, 0.1) is 5.56 Å². The molecule has 1 saturated carbocycles. The molecule has 1 aromatic rings. The first-order chi connectivity index (χ1) is 12.0. The lowest BCUT2D eigenvalue weighted by molar-refractivity contribution is -0.138. The van der Waals surface area contributed by atoms with Crippen LogP contribution in [0.2, 0.25) is 0 Å². The van der Waals surface area contributed by atoms with Crippen molar-refractivity contribution in [2.75, 3.05) is 19.6 Å². The quantitative estimate of drug-likeness (QED) is 0.814. The number of piperidine rings is 1. The molecule has 0 bridgehead atoms. The third kappa shape index (κ3) is 5.20. The number of nitrogens with one attached hydrogen (secondary N) is 1. The number of alkyl halides is 3. The predicted molar refractivity (Wildman–Crippen MR) is 94.3 cm³/mol. The Balaban J connectivity index is 1.77. The van der Waals surface area contributed by atoms with Crippen LogP contribution in [0.4, 0.5) is 13.2 Å². The zero-order chi connectivity index (χ0) is 17.7. The highest BCUT2D eigenvalue weighted by Crippen LogP contribution is 2.34. The molecule has 3 rings (SSSR count). The smallest absolute Gasteiger partial charge is 0.317 e. The van der Waals surface area contributed by atoms with Crippen LogP contribution in [0.25, 0.3) is 0 Å². The first-order valence-electron chi connectivity index (χ1n) is 9.64. The SMILES string of the molecule is FC(F)(F)c1ccccc1CN(CC1CCCCC1)C1CCNCC1. The third-order valence-electron chi connectivity index (χ3n) is 5.74. The maximum Gasteiger partial charge on any atom is 0.416 e. The van der Waals surface area contributed by atoms with E-state index in [9.17, 15) is 13.2 Å². The number of benzene rings is 1. The van der Waals surface area contributed by atoms with Crippen LogP contribution < -0.4 is 5.32 Å². The Morgan fingerprint density at radius 2 is 1.64 bits per heavy atom. The fourth-order valence-corrected chi connectivity index (χ4v) is 4.37. The molecule has 0 unspecified atom stereocenters. The van der Waals surface area contributed by atoms with Crippen molar-refractivity contribution in [3.8, 4) is 0 Å². The summed E-state index contributed by atoms with van der Waals surface area (Å²) in [4.78, 5) is 2.35. The van der Waals surface area contributed by atoms with Crippen LogP contribution >= 0.6 is 0 Å². The van der Waals surface area contributed by atoms with E-state index >= 15 is 0 Å². The van der Waals surface area contributed by atoms with E-state index in [1.165, 1.54) is 44.2 Å². The molecule has 1 saturated heterocycles. The number of rotatable bonds is 5. The average Bonchev–Trinajstić information content (AvgIpc) is 2.62. The van der Waals surface area contributed by atoms with Crippen molar-refractivity contribution in [2.45, 2.75) is 63.7 Å². The molecular weight excluding hydrogens is 325 g/mol. The lowest BCUT2D eigenvalue weighted by Crippen LogP contribution is -2.45. The summed E-state index contributed by atoms with van der Waals surface area (Å²) in [5, 5.41) is 3.37. The fourth-order valence-electron chi connectivity index (χ4n) is 4.37. The maximum absolute atomic E-state index is 13.4. The van der Waals surface area contributed by atoms with Gasteiger partial charge in [0.15, 0.2) is 0 Å². The van der Waals surface area contributed by atoms with E-state index in [0.717, 1.165) is 32.5 Å². The molecule has 0 amide bonds. The van der Waals surface area contributed by atoms with Crippen LogP contribution in [0.15, 0.2) is 24.3 Å². The van der Waals surface area contributed by atoms with E-state index in [2.05, 4.69) is 10.2 Å². The summed E-state index contributed by atoms with van der Waals surface area (Å²) < 4.78 is 40.1. The summed E-state index contributed by atoms with van der Waals surface area (Å²) in [6.07, 6.45) is 4.07. The zero-order valence-corrected chi connectivity index (χ0v) is 14.8. The van der Waals surface area contributed by atoms with Crippen molar-refractivity contribution in [1.29, 1.82) is 0 Å². The Bertz CT molecular complexity index is 532. The van der Waals surface area contributed by atoms with E-state index in [4.69, 9.17) is 0 Å². The average molecular weight is 354 g/mol. The van der Waals surface area contributed by atoms with Gasteiger partial charge in [-0.05, 0) is 56.3 Å². The molecule has 1 aliphatic heterocycles. The molecule has 5 heteroatoms. The standard InChI is InChI=1S/C20H29F3N2/c21-20(22,23)19-9-5-4-8-17(19)15-25(18-10-12-24-13-11-18)14-16-6-2-1-3-7-16/h4-5,8-9,16,18,24H,1-3,6-7,10-15H2. The first-order valence-corrected chi connectivity index (χ1v) is 9.64. The molecule has 2 aliphatic rings. The lowest BCUT2D eigenvalue weighted by atomic mass is 9.88. The van der Waals surface area contributed by atoms with Gasteiger partial charge in [0.1, 0.15) is 0 Å². The molecule has 0 atom stereocenters. The minimum Gasteiger partial charge on any atom is -0.317 e. The molecule has 2 fully saturated rings. The summed E-state index contributed by atoms with van der Waals surface area (Å²) in [5.41, 5.74) is -0.0538. The Hall–Kier alpha value is -1.07. The molecule has 25 heavy (non-hydrogen) atoms. The van der Waals surface area contributed by atoms with Gasteiger partial charge < -0.3 is 5.32 Å². The van der Waals surface area contributed by atoms with Crippen molar-refractivity contribution >= 4 is 0 Å². The van der Waals surface area contributed by atoms with Gasteiger partial charge in [-0.3, -0.25) is 4.90 Å². The molecule has 1 aromatic carbocycles. The molecular formula is C20H29F3N2. The first kappa shape index (κ1) is 18.7. The largest absolute Gasteiger partial charge is 0.416 e. The van der Waals surface area contributed by atoms with Crippen LogP contribution in [0.1, 0.15) is 56.1 Å². The van der Waals surface area contributed by atoms with E-state index in [0.29, 0.717) is 24.1 Å². The number of hydrogen-bond donors (Lipinski definition) is 1. The Morgan fingerprint density at radius 1 is 0.960 bits per heavy atom. The molecule has 0 radical (unpaired) electrons. The van der Waals surface area contributed by atoms with Gasteiger partial charge >= 0.3 is 6.18 Å². The molecule has 2 nitrogen and oxygen atoms in total. The molecule has 1 heterocycles. The summed E-state index contributed by atoms with van der Waals surface area (Å²) in [6.45, 7) is 3.28. The van der Waals surface area contributed by atoms with E-state index < -0.39 is 11.7 Å². The van der Waals surface area contributed by atoms with Gasteiger partial charge in [-0.1, -0.05) is 37.5 Å². The number of nitrogens with zero attached hydrogens (tertiary/aromatic N) is 1. The molecule has 1 aliphatic carbocycles. The highest BCUT2D eigenvalue weighted by molar-refractivity contribution is 5.29. The van der Waals surface area contributed by atoms with Crippen LogP contribution in [0.5, 0.6) is 0 Å². The van der Waals surface area contributed by atoms with Gasteiger partial charge in [-0.2, -0.15) is 13.2 Å². The normalized spacial score (nSPS) is 21.0. The summed E-state index contributed by atoms with van der Waals surface area (Å²) in [5.74, 6) is 0.640. The van der Waals surface area contributed by atoms with E-state index in [1.807, 2.05) is 0 Å². The van der Waals surface area contributed by atoms with Crippen molar-refractivity contribution < 1.29 is 13.2 Å². The zero-order valence-electron chi connectivity index (χ0n) is 14.8. The topological polar surface area (TPSA) is 15.3 Å². The molecule has 0 spiro atoms. The maximum atomic E-state index is 13.4. The second-order valence-corrected chi connectivity index (χ2v) is 7.57. The van der Waals surface area contributed by atoms with Gasteiger partial charge in [-0.25, -0.2) is 0 Å². The number of hydrogen-bond acceptors (Lipinski definition) is 2. The molecule has 140 valence electrons. The number of halogens is 3. The Kier molecular flexibility index (Phi) is 6.39. The third-order valence-corrected chi connectivity index (χ3v) is 5.74. The minimum atomic E-state index is -4.28. The van der Waals surface area contributed by atoms with Crippen LogP contribution in [0, 0.1) is 5.92 Å². The predicted octanol–water partition coefficient (Wildman–Crippen LogP) is 4.84. The molecule has 0 aromatic heterocycles. The summed E-state index contributed by atoms with van der Waals surface area (Å²) >= 11 is 0. The fraction of sp³-hybridized carbons (Fsp3) is 0.700. The van der Waals surface area contributed by atoms with Gasteiger partial charge in [0.25, 0.3) is 0 Å². The van der Waals surface area contributed by atoms with Gasteiger partial charge in [0, 0.05) is 19.1 Å². The Labute approximate surface area is 148 Å². The second kappa shape index (κ2) is 8.54. The van der Waals surface area contributed by atoms with Crippen molar-refractivity contribution in [3.05, 3.63) is 35.4 Å². The Morgan fingerprint density at radius 3 is 2.32 bits per heavy atom. The second-order valence-electron chi connectivity index (χ2n) is 7.57. The lowest BCUT2D eigenvalue weighted by Gasteiger charge is -2.38.